The second kappa shape index (κ2) is 10.7. The Hall–Kier alpha value is -3.81. The molecule has 3 atom stereocenters. The zero-order valence-electron chi connectivity index (χ0n) is 22.2. The van der Waals surface area contributed by atoms with Crippen molar-refractivity contribution in [3.05, 3.63) is 60.3 Å². The molecular formula is C29H36N4O4. The number of rotatable bonds is 4. The lowest BCUT2D eigenvalue weighted by Gasteiger charge is -2.40. The van der Waals surface area contributed by atoms with E-state index in [1.165, 1.54) is 6.92 Å². The third-order valence-corrected chi connectivity index (χ3v) is 6.71. The molecule has 2 aromatic rings. The van der Waals surface area contributed by atoms with E-state index in [-0.39, 0.29) is 36.0 Å². The number of carbonyl (C=O) groups is 3. The number of nitrogens with one attached hydrogen (secondary N) is 2. The van der Waals surface area contributed by atoms with Crippen LogP contribution in [0.5, 0.6) is 0 Å². The van der Waals surface area contributed by atoms with Gasteiger partial charge in [0.25, 0.3) is 5.91 Å². The van der Waals surface area contributed by atoms with E-state index in [4.69, 9.17) is 4.74 Å². The second-order valence-electron chi connectivity index (χ2n) is 10.3. The Balaban J connectivity index is 1.59. The van der Waals surface area contributed by atoms with E-state index >= 15 is 0 Å². The molecule has 2 aliphatic rings. The molecule has 8 heteroatoms. The molecule has 2 aliphatic heterocycles. The summed E-state index contributed by atoms with van der Waals surface area (Å²) in [5.74, 6) is -0.196. The smallest absolute Gasteiger partial charge is 0.414 e. The maximum Gasteiger partial charge on any atom is 0.414 e. The van der Waals surface area contributed by atoms with E-state index in [1.807, 2.05) is 51.1 Å². The molecule has 2 N–H and O–H groups in total. The van der Waals surface area contributed by atoms with Gasteiger partial charge in [-0.25, -0.2) is 4.79 Å². The van der Waals surface area contributed by atoms with Crippen LogP contribution in [0, 0.1) is 0 Å². The SMILES string of the molecule is C=C1C[C@H](NC(=O)c2ccc(-c3ccc4c(c3)N(C(=O)OC(C)C)C[C@H](C)N4C(C)=O)cc2)C[C@H](C)N1. The Morgan fingerprint density at radius 1 is 1.05 bits per heavy atom. The monoisotopic (exact) mass is 504 g/mol. The fraction of sp³-hybridized carbons (Fsp3) is 0.414. The van der Waals surface area contributed by atoms with Gasteiger partial charge in [0.2, 0.25) is 5.91 Å². The van der Waals surface area contributed by atoms with Gasteiger partial charge in [-0.3, -0.25) is 14.5 Å². The van der Waals surface area contributed by atoms with Gasteiger partial charge in [0.15, 0.2) is 0 Å². The van der Waals surface area contributed by atoms with Crippen LogP contribution < -0.4 is 20.4 Å². The van der Waals surface area contributed by atoms with E-state index in [9.17, 15) is 14.4 Å². The van der Waals surface area contributed by atoms with Gasteiger partial charge in [0, 0.05) is 43.2 Å². The van der Waals surface area contributed by atoms with Crippen molar-refractivity contribution in [2.75, 3.05) is 16.3 Å². The Morgan fingerprint density at radius 3 is 2.35 bits per heavy atom. The fourth-order valence-electron chi connectivity index (χ4n) is 5.19. The first-order chi connectivity index (χ1) is 17.5. The van der Waals surface area contributed by atoms with Gasteiger partial charge in [-0.2, -0.15) is 0 Å². The van der Waals surface area contributed by atoms with Crippen LogP contribution in [0.1, 0.15) is 57.8 Å². The molecule has 0 aliphatic carbocycles. The number of carbonyl (C=O) groups excluding carboxylic acids is 3. The van der Waals surface area contributed by atoms with Crippen molar-refractivity contribution in [2.24, 2.45) is 0 Å². The Kier molecular flexibility index (Phi) is 7.57. The number of piperidine rings is 1. The zero-order valence-corrected chi connectivity index (χ0v) is 22.2. The van der Waals surface area contributed by atoms with Gasteiger partial charge < -0.3 is 20.3 Å². The molecule has 4 rings (SSSR count). The second-order valence-corrected chi connectivity index (χ2v) is 10.3. The normalized spacial score (nSPS) is 21.2. The van der Waals surface area contributed by atoms with Gasteiger partial charge in [-0.15, -0.1) is 0 Å². The van der Waals surface area contributed by atoms with Crippen molar-refractivity contribution in [1.29, 1.82) is 0 Å². The summed E-state index contributed by atoms with van der Waals surface area (Å²) in [4.78, 5) is 41.5. The summed E-state index contributed by atoms with van der Waals surface area (Å²) in [6.45, 7) is 13.5. The number of nitrogens with zero attached hydrogens (tertiary/aromatic N) is 2. The van der Waals surface area contributed by atoms with Crippen molar-refractivity contribution in [2.45, 2.75) is 71.7 Å². The molecule has 8 nitrogen and oxygen atoms in total. The molecule has 0 saturated carbocycles. The average molecular weight is 505 g/mol. The molecule has 2 heterocycles. The molecule has 0 bridgehead atoms. The first-order valence-electron chi connectivity index (χ1n) is 12.8. The number of ether oxygens (including phenoxy) is 1. The number of hydrogen-bond donors (Lipinski definition) is 2. The fourth-order valence-corrected chi connectivity index (χ4v) is 5.19. The standard InChI is InChI=1S/C29H36N4O4/c1-17(2)37-29(36)32-16-20(5)33(21(6)34)26-12-11-24(15-27(26)32)22-7-9-23(10-8-22)28(35)31-25-13-18(3)30-19(4)14-25/h7-12,15,17,19-20,25,30H,3,13-14,16H2,1-2,4-6H3,(H,31,35)/t19-,20-,25-/m0/s1. The molecule has 196 valence electrons. The quantitative estimate of drug-likeness (QED) is 0.622. The van der Waals surface area contributed by atoms with E-state index in [2.05, 4.69) is 24.1 Å². The highest BCUT2D eigenvalue weighted by atomic mass is 16.6. The maximum absolute atomic E-state index is 12.9. The Labute approximate surface area is 218 Å². The third kappa shape index (κ3) is 5.79. The highest BCUT2D eigenvalue weighted by molar-refractivity contribution is 6.03. The highest BCUT2D eigenvalue weighted by Crippen LogP contribution is 2.39. The predicted molar refractivity (Wildman–Crippen MR) is 146 cm³/mol. The van der Waals surface area contributed by atoms with Crippen LogP contribution in [-0.2, 0) is 9.53 Å². The third-order valence-electron chi connectivity index (χ3n) is 6.71. The Morgan fingerprint density at radius 2 is 1.73 bits per heavy atom. The summed E-state index contributed by atoms with van der Waals surface area (Å²) in [6.07, 6.45) is 0.869. The van der Waals surface area contributed by atoms with E-state index in [1.54, 1.807) is 21.9 Å². The molecular weight excluding hydrogens is 468 g/mol. The number of hydrogen-bond acceptors (Lipinski definition) is 5. The van der Waals surface area contributed by atoms with Crippen LogP contribution in [-0.4, -0.2) is 48.7 Å². The summed E-state index contributed by atoms with van der Waals surface area (Å²) in [5, 5.41) is 6.41. The van der Waals surface area contributed by atoms with Crippen molar-refractivity contribution in [3.8, 4) is 11.1 Å². The summed E-state index contributed by atoms with van der Waals surface area (Å²) >= 11 is 0. The van der Waals surface area contributed by atoms with Gasteiger partial charge in [-0.05, 0) is 69.5 Å². The molecule has 1 fully saturated rings. The molecule has 2 aromatic carbocycles. The van der Waals surface area contributed by atoms with Crippen molar-refractivity contribution in [1.82, 2.24) is 10.6 Å². The van der Waals surface area contributed by atoms with E-state index in [0.29, 0.717) is 23.5 Å². The number of fused-ring (bicyclic) bond motifs is 1. The van der Waals surface area contributed by atoms with Crippen LogP contribution in [0.3, 0.4) is 0 Å². The topological polar surface area (TPSA) is 91.0 Å². The molecule has 3 amide bonds. The van der Waals surface area contributed by atoms with Gasteiger partial charge in [-0.1, -0.05) is 24.8 Å². The van der Waals surface area contributed by atoms with Gasteiger partial charge in [0.1, 0.15) is 0 Å². The largest absolute Gasteiger partial charge is 0.446 e. The van der Waals surface area contributed by atoms with Gasteiger partial charge in [0.05, 0.1) is 23.5 Å². The first kappa shape index (κ1) is 26.3. The van der Waals surface area contributed by atoms with Crippen molar-refractivity contribution >= 4 is 29.3 Å². The Bertz CT molecular complexity index is 1210. The van der Waals surface area contributed by atoms with Crippen LogP contribution in [0.4, 0.5) is 16.2 Å². The maximum atomic E-state index is 12.9. The highest BCUT2D eigenvalue weighted by Gasteiger charge is 2.35. The molecule has 0 spiro atoms. The van der Waals surface area contributed by atoms with Crippen molar-refractivity contribution < 1.29 is 19.1 Å². The minimum absolute atomic E-state index is 0.0553. The lowest BCUT2D eigenvalue weighted by Crippen LogP contribution is -2.51. The number of benzene rings is 2. The summed E-state index contributed by atoms with van der Waals surface area (Å²) < 4.78 is 5.48. The van der Waals surface area contributed by atoms with Crippen molar-refractivity contribution in [3.63, 3.8) is 0 Å². The summed E-state index contributed by atoms with van der Waals surface area (Å²) in [7, 11) is 0. The van der Waals surface area contributed by atoms with Gasteiger partial charge >= 0.3 is 6.09 Å². The van der Waals surface area contributed by atoms with E-state index < -0.39 is 6.09 Å². The van der Waals surface area contributed by atoms with Crippen LogP contribution in [0.2, 0.25) is 0 Å². The van der Waals surface area contributed by atoms with Crippen LogP contribution >= 0.6 is 0 Å². The minimum Gasteiger partial charge on any atom is -0.446 e. The van der Waals surface area contributed by atoms with E-state index in [0.717, 1.165) is 29.7 Å². The van der Waals surface area contributed by atoms with Crippen LogP contribution in [0.15, 0.2) is 54.7 Å². The summed E-state index contributed by atoms with van der Waals surface area (Å²) in [6, 6.07) is 13.2. The molecule has 0 unspecified atom stereocenters. The number of amides is 3. The molecule has 0 aromatic heterocycles. The molecule has 0 radical (unpaired) electrons. The van der Waals surface area contributed by atoms with Crippen LogP contribution in [0.25, 0.3) is 11.1 Å². The zero-order chi connectivity index (χ0) is 26.9. The number of anilines is 2. The summed E-state index contributed by atoms with van der Waals surface area (Å²) in [5.41, 5.74) is 4.58. The lowest BCUT2D eigenvalue weighted by atomic mass is 9.97. The first-order valence-corrected chi connectivity index (χ1v) is 12.8. The lowest BCUT2D eigenvalue weighted by molar-refractivity contribution is -0.117. The average Bonchev–Trinajstić information content (AvgIpc) is 2.82. The predicted octanol–water partition coefficient (Wildman–Crippen LogP) is 4.84. The molecule has 37 heavy (non-hydrogen) atoms. The molecule has 1 saturated heterocycles. The minimum atomic E-state index is -0.439.